The SMILES string of the molecule is COC(=O)[C@](C)(CC1CCCN1)N(C(=O)CNCc1cccc2ccccc12)c1cccs1. The largest absolute Gasteiger partial charge is 0.467 e. The zero-order valence-electron chi connectivity index (χ0n) is 19.2. The molecule has 0 bridgehead atoms. The number of anilines is 1. The Hall–Kier alpha value is -2.74. The van der Waals surface area contributed by atoms with Crippen molar-refractivity contribution < 1.29 is 14.3 Å². The third-order valence-corrected chi connectivity index (χ3v) is 7.23. The second-order valence-electron chi connectivity index (χ2n) is 8.69. The van der Waals surface area contributed by atoms with Crippen LogP contribution in [0.2, 0.25) is 0 Å². The van der Waals surface area contributed by atoms with E-state index in [2.05, 4.69) is 34.9 Å². The van der Waals surface area contributed by atoms with E-state index in [4.69, 9.17) is 4.74 Å². The first-order valence-electron chi connectivity index (χ1n) is 11.4. The molecule has 1 amide bonds. The van der Waals surface area contributed by atoms with E-state index in [1.54, 1.807) is 4.90 Å². The fourth-order valence-corrected chi connectivity index (χ4v) is 5.63. The maximum atomic E-state index is 13.6. The van der Waals surface area contributed by atoms with E-state index in [1.807, 2.05) is 42.6 Å². The number of carbonyl (C=O) groups excluding carboxylic acids is 2. The van der Waals surface area contributed by atoms with Crippen LogP contribution in [0.25, 0.3) is 10.8 Å². The Bertz CT molecular complexity index is 1090. The number of nitrogens with zero attached hydrogens (tertiary/aromatic N) is 1. The lowest BCUT2D eigenvalue weighted by Gasteiger charge is -2.39. The first kappa shape index (κ1) is 23.4. The first-order valence-corrected chi connectivity index (χ1v) is 12.3. The van der Waals surface area contributed by atoms with E-state index in [1.165, 1.54) is 29.2 Å². The van der Waals surface area contributed by atoms with Crippen LogP contribution in [-0.2, 0) is 20.9 Å². The molecule has 33 heavy (non-hydrogen) atoms. The molecule has 2 aromatic carbocycles. The highest BCUT2D eigenvalue weighted by Gasteiger charge is 2.46. The van der Waals surface area contributed by atoms with Crippen LogP contribution >= 0.6 is 11.3 Å². The topological polar surface area (TPSA) is 70.7 Å². The zero-order valence-corrected chi connectivity index (χ0v) is 20.0. The molecule has 2 atom stereocenters. The van der Waals surface area contributed by atoms with Crippen LogP contribution in [0.5, 0.6) is 0 Å². The highest BCUT2D eigenvalue weighted by Crippen LogP contribution is 2.34. The lowest BCUT2D eigenvalue weighted by atomic mass is 9.90. The second kappa shape index (κ2) is 10.5. The Balaban J connectivity index is 1.54. The van der Waals surface area contributed by atoms with Gasteiger partial charge in [-0.05, 0) is 66.6 Å². The average Bonchev–Trinajstić information content (AvgIpc) is 3.53. The number of amides is 1. The summed E-state index contributed by atoms with van der Waals surface area (Å²) in [5.41, 5.74) is 0.0364. The molecule has 7 heteroatoms. The van der Waals surface area contributed by atoms with Gasteiger partial charge in [-0.25, -0.2) is 4.79 Å². The number of esters is 1. The number of carbonyl (C=O) groups is 2. The van der Waals surface area contributed by atoms with Gasteiger partial charge in [-0.1, -0.05) is 42.5 Å². The molecule has 174 valence electrons. The molecule has 2 N–H and O–H groups in total. The highest BCUT2D eigenvalue weighted by atomic mass is 32.1. The number of hydrogen-bond acceptors (Lipinski definition) is 6. The molecule has 1 aliphatic heterocycles. The minimum atomic E-state index is -1.10. The molecule has 1 saturated heterocycles. The van der Waals surface area contributed by atoms with E-state index in [9.17, 15) is 9.59 Å². The molecule has 4 rings (SSSR count). The van der Waals surface area contributed by atoms with Gasteiger partial charge in [-0.15, -0.1) is 11.3 Å². The predicted octanol–water partition coefficient (Wildman–Crippen LogP) is 4.10. The number of nitrogens with one attached hydrogen (secondary N) is 2. The molecular weight excluding hydrogens is 434 g/mol. The molecule has 1 fully saturated rings. The summed E-state index contributed by atoms with van der Waals surface area (Å²) in [5.74, 6) is -0.546. The van der Waals surface area contributed by atoms with Crippen LogP contribution in [-0.4, -0.2) is 43.7 Å². The fraction of sp³-hybridized carbons (Fsp3) is 0.385. The van der Waals surface area contributed by atoms with Crippen molar-refractivity contribution in [2.45, 2.75) is 44.3 Å². The minimum Gasteiger partial charge on any atom is -0.467 e. The molecule has 6 nitrogen and oxygen atoms in total. The van der Waals surface area contributed by atoms with Crippen LogP contribution in [0.15, 0.2) is 60.0 Å². The normalized spacial score (nSPS) is 17.6. The van der Waals surface area contributed by atoms with Gasteiger partial charge in [-0.2, -0.15) is 0 Å². The van der Waals surface area contributed by atoms with Crippen LogP contribution in [0.1, 0.15) is 31.7 Å². The van der Waals surface area contributed by atoms with Gasteiger partial charge in [0.15, 0.2) is 0 Å². The molecule has 1 aromatic heterocycles. The van der Waals surface area contributed by atoms with Crippen LogP contribution in [0, 0.1) is 0 Å². The number of ether oxygens (including phenoxy) is 1. The van der Waals surface area contributed by atoms with Gasteiger partial charge < -0.3 is 15.4 Å². The Kier molecular flexibility index (Phi) is 7.42. The second-order valence-corrected chi connectivity index (χ2v) is 9.61. The Morgan fingerprint density at radius 2 is 2.00 bits per heavy atom. The molecule has 0 spiro atoms. The molecule has 0 aliphatic carbocycles. The van der Waals surface area contributed by atoms with Crippen molar-refractivity contribution in [3.63, 3.8) is 0 Å². The lowest BCUT2D eigenvalue weighted by Crippen LogP contribution is -2.59. The number of benzene rings is 2. The Morgan fingerprint density at radius 3 is 2.73 bits per heavy atom. The van der Waals surface area contributed by atoms with Gasteiger partial charge in [0.1, 0.15) is 5.54 Å². The van der Waals surface area contributed by atoms with E-state index >= 15 is 0 Å². The average molecular weight is 466 g/mol. The van der Waals surface area contributed by atoms with E-state index < -0.39 is 11.5 Å². The van der Waals surface area contributed by atoms with Crippen LogP contribution in [0.3, 0.4) is 0 Å². The summed E-state index contributed by atoms with van der Waals surface area (Å²) in [4.78, 5) is 28.3. The van der Waals surface area contributed by atoms with E-state index in [0.29, 0.717) is 13.0 Å². The minimum absolute atomic E-state index is 0.117. The zero-order chi connectivity index (χ0) is 23.3. The van der Waals surface area contributed by atoms with Gasteiger partial charge in [0.25, 0.3) is 0 Å². The maximum Gasteiger partial charge on any atom is 0.331 e. The molecule has 1 unspecified atom stereocenters. The van der Waals surface area contributed by atoms with Gasteiger partial charge in [0.05, 0.1) is 18.7 Å². The van der Waals surface area contributed by atoms with Gasteiger partial charge in [0.2, 0.25) is 5.91 Å². The number of methoxy groups -OCH3 is 1. The van der Waals surface area contributed by atoms with Crippen molar-refractivity contribution in [3.8, 4) is 0 Å². The summed E-state index contributed by atoms with van der Waals surface area (Å²) in [6, 6.07) is 18.4. The third-order valence-electron chi connectivity index (χ3n) is 6.37. The van der Waals surface area contributed by atoms with Crippen molar-refractivity contribution in [1.82, 2.24) is 10.6 Å². The molecule has 3 aromatic rings. The molecule has 2 heterocycles. The summed E-state index contributed by atoms with van der Waals surface area (Å²) < 4.78 is 5.20. The highest BCUT2D eigenvalue weighted by molar-refractivity contribution is 7.14. The van der Waals surface area contributed by atoms with Crippen molar-refractivity contribution in [2.75, 3.05) is 25.1 Å². The predicted molar refractivity (Wildman–Crippen MR) is 134 cm³/mol. The molecular formula is C26H31N3O3S. The fourth-order valence-electron chi connectivity index (χ4n) is 4.76. The number of hydrogen-bond donors (Lipinski definition) is 2. The Morgan fingerprint density at radius 1 is 1.18 bits per heavy atom. The number of rotatable bonds is 9. The van der Waals surface area contributed by atoms with E-state index in [-0.39, 0.29) is 18.5 Å². The van der Waals surface area contributed by atoms with Crippen LogP contribution < -0.4 is 15.5 Å². The van der Waals surface area contributed by atoms with Crippen molar-refractivity contribution in [2.24, 2.45) is 0 Å². The van der Waals surface area contributed by atoms with Crippen molar-refractivity contribution in [1.29, 1.82) is 0 Å². The summed E-state index contributed by atoms with van der Waals surface area (Å²) in [5, 5.41) is 11.8. The third kappa shape index (κ3) is 5.11. The maximum absolute atomic E-state index is 13.6. The molecule has 0 saturated carbocycles. The van der Waals surface area contributed by atoms with E-state index in [0.717, 1.165) is 30.0 Å². The van der Waals surface area contributed by atoms with Crippen LogP contribution in [0.4, 0.5) is 5.00 Å². The van der Waals surface area contributed by atoms with Crippen molar-refractivity contribution >= 4 is 39.0 Å². The standard InChI is InChI=1S/C26H31N3O3S/c1-26(25(31)32-2,16-21-11-6-14-28-21)29(24-13-7-15-33-24)23(30)18-27-17-20-10-5-9-19-8-3-4-12-22(19)20/h3-5,7-10,12-13,15,21,27-28H,6,11,14,16-18H2,1-2H3/t21?,26-/m0/s1. The van der Waals surface area contributed by atoms with Gasteiger partial charge >= 0.3 is 5.97 Å². The summed E-state index contributed by atoms with van der Waals surface area (Å²) >= 11 is 1.45. The molecule has 1 aliphatic rings. The number of thiophene rings is 1. The lowest BCUT2D eigenvalue weighted by molar-refractivity contribution is -0.148. The quantitative estimate of drug-likeness (QED) is 0.466. The van der Waals surface area contributed by atoms with Crippen molar-refractivity contribution in [3.05, 3.63) is 65.5 Å². The summed E-state index contributed by atoms with van der Waals surface area (Å²) in [6.45, 7) is 3.43. The summed E-state index contributed by atoms with van der Waals surface area (Å²) in [6.07, 6.45) is 2.56. The molecule has 0 radical (unpaired) electrons. The Labute approximate surface area is 198 Å². The smallest absolute Gasteiger partial charge is 0.331 e. The monoisotopic (exact) mass is 465 g/mol. The number of fused-ring (bicyclic) bond motifs is 1. The van der Waals surface area contributed by atoms with Gasteiger partial charge in [-0.3, -0.25) is 9.69 Å². The first-order chi connectivity index (χ1) is 16.0. The summed E-state index contributed by atoms with van der Waals surface area (Å²) in [7, 11) is 1.39. The van der Waals surface area contributed by atoms with Gasteiger partial charge in [0, 0.05) is 12.6 Å².